The van der Waals surface area contributed by atoms with Gasteiger partial charge in [-0.15, -0.1) is 0 Å². The Morgan fingerprint density at radius 2 is 1.00 bits per heavy atom. The summed E-state index contributed by atoms with van der Waals surface area (Å²) < 4.78 is 10.9. The monoisotopic (exact) mass is 652 g/mol. The highest BCUT2D eigenvalue weighted by molar-refractivity contribution is 6.12. The van der Waals surface area contributed by atoms with Crippen molar-refractivity contribution in [2.75, 3.05) is 0 Å². The van der Waals surface area contributed by atoms with E-state index in [0.717, 1.165) is 44.3 Å². The number of benzene rings is 7. The summed E-state index contributed by atoms with van der Waals surface area (Å²) in [6, 6.07) is 58.0. The molecule has 0 atom stereocenters. The molecule has 0 spiro atoms. The molecule has 238 valence electrons. The predicted octanol–water partition coefficient (Wildman–Crippen LogP) is 11.9. The Kier molecular flexibility index (Phi) is 5.89. The SMILES string of the molecule is c1ccc(-c2ccc3c(c2)c2ccccc2n3-c2ccccc2-c2ccc3oc4cnc(-n5c6ccccc6c6ccccc65)nc4c3c2)cc1. The van der Waals surface area contributed by atoms with Gasteiger partial charge in [-0.05, 0) is 65.2 Å². The fourth-order valence-electron chi connectivity index (χ4n) is 7.92. The van der Waals surface area contributed by atoms with E-state index in [0.29, 0.717) is 11.5 Å². The standard InChI is InChI=1S/C46H28N4O/c1-2-12-29(13-3-1)30-22-24-42-36(26-30)35-17-7-9-19-39(35)49(42)38-18-8-4-14-32(38)31-23-25-43-37(27-31)45-44(51-43)28-47-46(48-45)50-40-20-10-5-15-33(40)34-16-6-11-21-41(34)50/h1-28H. The molecule has 5 heteroatoms. The predicted molar refractivity (Wildman–Crippen MR) is 209 cm³/mol. The Morgan fingerprint density at radius 1 is 0.412 bits per heavy atom. The minimum atomic E-state index is 0.619. The van der Waals surface area contributed by atoms with Crippen LogP contribution in [0.4, 0.5) is 0 Å². The maximum absolute atomic E-state index is 6.32. The van der Waals surface area contributed by atoms with Crippen LogP contribution < -0.4 is 0 Å². The smallest absolute Gasteiger partial charge is 0.235 e. The molecule has 4 heterocycles. The quantitative estimate of drug-likeness (QED) is 0.190. The number of aromatic nitrogens is 4. The van der Waals surface area contributed by atoms with Gasteiger partial charge in [-0.3, -0.25) is 4.57 Å². The van der Waals surface area contributed by atoms with Gasteiger partial charge in [-0.25, -0.2) is 9.97 Å². The molecule has 0 aliphatic rings. The van der Waals surface area contributed by atoms with Crippen molar-refractivity contribution in [3.63, 3.8) is 0 Å². The van der Waals surface area contributed by atoms with Crippen LogP contribution in [0, 0.1) is 0 Å². The lowest BCUT2D eigenvalue weighted by Gasteiger charge is -2.14. The normalized spacial score (nSPS) is 11.9. The average Bonchev–Trinajstić information content (AvgIpc) is 3.85. The summed E-state index contributed by atoms with van der Waals surface area (Å²) in [5.74, 6) is 0.619. The van der Waals surface area contributed by atoms with E-state index >= 15 is 0 Å². The second kappa shape index (κ2) is 10.8. The molecule has 0 radical (unpaired) electrons. The molecule has 0 aliphatic heterocycles. The zero-order chi connectivity index (χ0) is 33.5. The van der Waals surface area contributed by atoms with Crippen molar-refractivity contribution in [1.29, 1.82) is 0 Å². The molecule has 0 aliphatic carbocycles. The van der Waals surface area contributed by atoms with Gasteiger partial charge in [0.1, 0.15) is 11.1 Å². The zero-order valence-corrected chi connectivity index (χ0v) is 27.4. The molecule has 0 N–H and O–H groups in total. The minimum Gasteiger partial charge on any atom is -0.453 e. The van der Waals surface area contributed by atoms with E-state index < -0.39 is 0 Å². The summed E-state index contributed by atoms with van der Waals surface area (Å²) in [6.07, 6.45) is 1.80. The van der Waals surface area contributed by atoms with Crippen LogP contribution in [0.5, 0.6) is 0 Å². The van der Waals surface area contributed by atoms with Gasteiger partial charge >= 0.3 is 0 Å². The van der Waals surface area contributed by atoms with Gasteiger partial charge in [-0.1, -0.05) is 115 Å². The van der Waals surface area contributed by atoms with Crippen LogP contribution >= 0.6 is 0 Å². The Hall–Kier alpha value is -6.98. The third kappa shape index (κ3) is 4.15. The van der Waals surface area contributed by atoms with Crippen LogP contribution in [-0.4, -0.2) is 19.1 Å². The second-order valence-corrected chi connectivity index (χ2v) is 13.0. The fourth-order valence-corrected chi connectivity index (χ4v) is 7.92. The van der Waals surface area contributed by atoms with Crippen LogP contribution in [0.1, 0.15) is 0 Å². The molecule has 4 aromatic heterocycles. The fraction of sp³-hybridized carbons (Fsp3) is 0. The molecule has 0 fully saturated rings. The van der Waals surface area contributed by atoms with Gasteiger partial charge < -0.3 is 8.98 Å². The topological polar surface area (TPSA) is 48.8 Å². The Balaban J connectivity index is 1.10. The summed E-state index contributed by atoms with van der Waals surface area (Å²) in [7, 11) is 0. The van der Waals surface area contributed by atoms with Crippen LogP contribution in [0.25, 0.3) is 99.6 Å². The van der Waals surface area contributed by atoms with Crippen molar-refractivity contribution in [2.45, 2.75) is 0 Å². The highest BCUT2D eigenvalue weighted by Gasteiger charge is 2.19. The molecule has 0 saturated carbocycles. The lowest BCUT2D eigenvalue weighted by molar-refractivity contribution is 0.665. The van der Waals surface area contributed by atoms with E-state index in [-0.39, 0.29) is 0 Å². The number of furan rings is 1. The lowest BCUT2D eigenvalue weighted by atomic mass is 10.0. The summed E-state index contributed by atoms with van der Waals surface area (Å²) in [5.41, 5.74) is 12.5. The summed E-state index contributed by atoms with van der Waals surface area (Å²) in [5, 5.41) is 5.76. The Labute approximate surface area is 292 Å². The molecule has 11 aromatic rings. The summed E-state index contributed by atoms with van der Waals surface area (Å²) in [6.45, 7) is 0. The second-order valence-electron chi connectivity index (χ2n) is 13.0. The van der Waals surface area contributed by atoms with Gasteiger partial charge in [0, 0.05) is 32.5 Å². The van der Waals surface area contributed by atoms with Crippen LogP contribution in [0.15, 0.2) is 174 Å². The van der Waals surface area contributed by atoms with E-state index in [4.69, 9.17) is 14.4 Å². The van der Waals surface area contributed by atoms with E-state index in [9.17, 15) is 0 Å². The molecule has 0 saturated heterocycles. The Bertz CT molecular complexity index is 3090. The number of hydrogen-bond donors (Lipinski definition) is 0. The molecule has 7 aromatic carbocycles. The van der Waals surface area contributed by atoms with Gasteiger partial charge in [0.05, 0.1) is 34.0 Å². The molecule has 0 amide bonds. The third-order valence-electron chi connectivity index (χ3n) is 10.2. The van der Waals surface area contributed by atoms with Crippen molar-refractivity contribution in [3.05, 3.63) is 170 Å². The van der Waals surface area contributed by atoms with Crippen molar-refractivity contribution in [1.82, 2.24) is 19.1 Å². The van der Waals surface area contributed by atoms with Gasteiger partial charge in [0.2, 0.25) is 5.95 Å². The first kappa shape index (κ1) is 27.9. The number of nitrogens with zero attached hydrogens (tertiary/aromatic N) is 4. The zero-order valence-electron chi connectivity index (χ0n) is 27.4. The van der Waals surface area contributed by atoms with Gasteiger partial charge in [0.15, 0.2) is 5.58 Å². The van der Waals surface area contributed by atoms with Crippen molar-refractivity contribution < 1.29 is 4.42 Å². The van der Waals surface area contributed by atoms with Crippen molar-refractivity contribution in [2.24, 2.45) is 0 Å². The molecule has 5 nitrogen and oxygen atoms in total. The van der Waals surface area contributed by atoms with Crippen molar-refractivity contribution in [3.8, 4) is 33.9 Å². The number of hydrogen-bond acceptors (Lipinski definition) is 3. The third-order valence-corrected chi connectivity index (χ3v) is 10.2. The maximum atomic E-state index is 6.32. The molecule has 0 bridgehead atoms. The van der Waals surface area contributed by atoms with E-state index in [1.807, 2.05) is 0 Å². The van der Waals surface area contributed by atoms with Crippen LogP contribution in [-0.2, 0) is 0 Å². The molecule has 11 rings (SSSR count). The van der Waals surface area contributed by atoms with Crippen molar-refractivity contribution >= 4 is 65.7 Å². The largest absolute Gasteiger partial charge is 0.453 e. The molecular formula is C46H28N4O. The molecular weight excluding hydrogens is 625 g/mol. The number of fused-ring (bicyclic) bond motifs is 9. The average molecular weight is 653 g/mol. The highest BCUT2D eigenvalue weighted by atomic mass is 16.3. The summed E-state index contributed by atoms with van der Waals surface area (Å²) in [4.78, 5) is 9.99. The maximum Gasteiger partial charge on any atom is 0.235 e. The summed E-state index contributed by atoms with van der Waals surface area (Å²) >= 11 is 0. The van der Waals surface area contributed by atoms with E-state index in [2.05, 4.69) is 173 Å². The first-order valence-corrected chi connectivity index (χ1v) is 17.2. The van der Waals surface area contributed by atoms with Crippen LogP contribution in [0.3, 0.4) is 0 Å². The van der Waals surface area contributed by atoms with Gasteiger partial charge in [0.25, 0.3) is 0 Å². The van der Waals surface area contributed by atoms with E-state index in [1.165, 1.54) is 43.7 Å². The van der Waals surface area contributed by atoms with E-state index in [1.54, 1.807) is 6.20 Å². The number of para-hydroxylation sites is 4. The highest BCUT2D eigenvalue weighted by Crippen LogP contribution is 2.40. The van der Waals surface area contributed by atoms with Gasteiger partial charge in [-0.2, -0.15) is 0 Å². The number of rotatable bonds is 4. The molecule has 0 unspecified atom stereocenters. The van der Waals surface area contributed by atoms with Crippen LogP contribution in [0.2, 0.25) is 0 Å². The first-order chi connectivity index (χ1) is 25.3. The molecule has 51 heavy (non-hydrogen) atoms. The minimum absolute atomic E-state index is 0.619. The Morgan fingerprint density at radius 3 is 1.76 bits per heavy atom. The lowest BCUT2D eigenvalue weighted by Crippen LogP contribution is -2.00. The first-order valence-electron chi connectivity index (χ1n) is 17.2.